The zero-order valence-electron chi connectivity index (χ0n) is 9.22. The lowest BCUT2D eigenvalue weighted by atomic mass is 10.0. The Morgan fingerprint density at radius 1 is 0.941 bits per heavy atom. The van der Waals surface area contributed by atoms with Crippen LogP contribution in [0.4, 0.5) is 0 Å². The van der Waals surface area contributed by atoms with E-state index in [-0.39, 0.29) is 5.56 Å². The first-order valence-electron chi connectivity index (χ1n) is 5.32. The van der Waals surface area contributed by atoms with Gasteiger partial charge in [0.15, 0.2) is 0 Å². The Balaban J connectivity index is 0.000000302. The molecule has 0 unspecified atom stereocenters. The maximum absolute atomic E-state index is 10.4. The fourth-order valence-corrected chi connectivity index (χ4v) is 1.09. The Morgan fingerprint density at radius 3 is 1.82 bits per heavy atom. The maximum atomic E-state index is 10.4. The van der Waals surface area contributed by atoms with Gasteiger partial charge in [-0.05, 0) is 18.2 Å². The number of rotatable bonds is 2. The molecule has 0 spiro atoms. The zero-order chi connectivity index (χ0) is 12.8. The summed E-state index contributed by atoms with van der Waals surface area (Å²) < 4.78 is 0. The van der Waals surface area contributed by atoms with E-state index in [1.165, 1.54) is 25.7 Å². The van der Waals surface area contributed by atoms with Crippen LogP contribution in [0.2, 0.25) is 0 Å². The highest BCUT2D eigenvalue weighted by Gasteiger charge is 2.12. The van der Waals surface area contributed by atoms with Crippen molar-refractivity contribution in [2.45, 2.75) is 25.7 Å². The zero-order valence-corrected chi connectivity index (χ0v) is 9.22. The number of carbonyl (C=O) groups is 2. The number of carboxylic acids is 2. The summed E-state index contributed by atoms with van der Waals surface area (Å²) >= 11 is 0. The van der Waals surface area contributed by atoms with Crippen molar-refractivity contribution in [2.24, 2.45) is 0 Å². The van der Waals surface area contributed by atoms with Gasteiger partial charge in [-0.1, -0.05) is 25.7 Å². The van der Waals surface area contributed by atoms with E-state index in [4.69, 9.17) is 15.3 Å². The molecule has 3 N–H and O–H groups in total. The second-order valence-corrected chi connectivity index (χ2v) is 3.76. The number of benzene rings is 1. The highest BCUT2D eigenvalue weighted by atomic mass is 16.4. The quantitative estimate of drug-likeness (QED) is 0.735. The van der Waals surface area contributed by atoms with E-state index in [1.54, 1.807) is 0 Å². The van der Waals surface area contributed by atoms with Gasteiger partial charge in [-0.15, -0.1) is 0 Å². The summed E-state index contributed by atoms with van der Waals surface area (Å²) in [7, 11) is 0. The van der Waals surface area contributed by atoms with Crippen molar-refractivity contribution in [3.05, 3.63) is 29.3 Å². The minimum Gasteiger partial charge on any atom is -0.507 e. The third kappa shape index (κ3) is 3.79. The molecule has 0 amide bonds. The molecule has 0 radical (unpaired) electrons. The normalized spacial score (nSPS) is 12.9. The summed E-state index contributed by atoms with van der Waals surface area (Å²) in [5.41, 5.74) is -0.588. The molecule has 5 heteroatoms. The van der Waals surface area contributed by atoms with Crippen LogP contribution < -0.4 is 0 Å². The van der Waals surface area contributed by atoms with Gasteiger partial charge < -0.3 is 15.3 Å². The lowest BCUT2D eigenvalue weighted by molar-refractivity contribution is 0.0693. The summed E-state index contributed by atoms with van der Waals surface area (Å²) in [6.45, 7) is 0. The van der Waals surface area contributed by atoms with Gasteiger partial charge in [0.2, 0.25) is 0 Å². The van der Waals surface area contributed by atoms with Crippen molar-refractivity contribution in [3.63, 3.8) is 0 Å². The number of carboxylic acid groups (broad SMARTS) is 2. The smallest absolute Gasteiger partial charge is 0.339 e. The van der Waals surface area contributed by atoms with Crippen molar-refractivity contribution in [1.82, 2.24) is 0 Å². The van der Waals surface area contributed by atoms with Crippen LogP contribution in [0.3, 0.4) is 0 Å². The molecule has 0 atom stereocenters. The van der Waals surface area contributed by atoms with Gasteiger partial charge in [0.1, 0.15) is 11.3 Å². The molecule has 92 valence electrons. The second kappa shape index (κ2) is 5.89. The SMILES string of the molecule is C1CCC1.O=C(O)c1ccc(O)c(C(=O)O)c1. The molecule has 1 aromatic rings. The molecule has 1 aromatic carbocycles. The van der Waals surface area contributed by atoms with Crippen LogP contribution >= 0.6 is 0 Å². The number of aromatic hydroxyl groups is 1. The van der Waals surface area contributed by atoms with Crippen LogP contribution in [0.15, 0.2) is 18.2 Å². The Hall–Kier alpha value is -2.04. The minimum absolute atomic E-state index is 0.171. The summed E-state index contributed by atoms with van der Waals surface area (Å²) in [4.78, 5) is 20.9. The van der Waals surface area contributed by atoms with Crippen LogP contribution in [0.1, 0.15) is 46.4 Å². The molecule has 1 saturated carbocycles. The molecule has 5 nitrogen and oxygen atoms in total. The highest BCUT2D eigenvalue weighted by molar-refractivity contribution is 5.95. The number of phenols is 1. The highest BCUT2D eigenvalue weighted by Crippen LogP contribution is 2.18. The van der Waals surface area contributed by atoms with Gasteiger partial charge in [0, 0.05) is 0 Å². The summed E-state index contributed by atoms with van der Waals surface area (Å²) in [5.74, 6) is -3.04. The molecule has 0 bridgehead atoms. The monoisotopic (exact) mass is 238 g/mol. The van der Waals surface area contributed by atoms with Crippen molar-refractivity contribution < 1.29 is 24.9 Å². The Labute approximate surface area is 98.3 Å². The van der Waals surface area contributed by atoms with E-state index in [0.29, 0.717) is 0 Å². The van der Waals surface area contributed by atoms with Gasteiger partial charge in [0.25, 0.3) is 0 Å². The average molecular weight is 238 g/mol. The first kappa shape index (κ1) is 13.0. The molecule has 0 aromatic heterocycles. The number of aromatic carboxylic acids is 2. The molecular weight excluding hydrogens is 224 g/mol. The first-order chi connectivity index (χ1) is 8.02. The predicted molar refractivity (Wildman–Crippen MR) is 60.5 cm³/mol. The van der Waals surface area contributed by atoms with Gasteiger partial charge in [-0.25, -0.2) is 9.59 Å². The van der Waals surface area contributed by atoms with Crippen molar-refractivity contribution in [3.8, 4) is 5.75 Å². The summed E-state index contributed by atoms with van der Waals surface area (Å²) in [5, 5.41) is 26.0. The van der Waals surface area contributed by atoms with Crippen molar-refractivity contribution in [1.29, 1.82) is 0 Å². The van der Waals surface area contributed by atoms with Crippen LogP contribution in [0, 0.1) is 0 Å². The van der Waals surface area contributed by atoms with Crippen LogP contribution in [0.25, 0.3) is 0 Å². The van der Waals surface area contributed by atoms with E-state index in [9.17, 15) is 9.59 Å². The van der Waals surface area contributed by atoms with Gasteiger partial charge >= 0.3 is 11.9 Å². The fourth-order valence-electron chi connectivity index (χ4n) is 1.09. The largest absolute Gasteiger partial charge is 0.507 e. The molecule has 17 heavy (non-hydrogen) atoms. The predicted octanol–water partition coefficient (Wildman–Crippen LogP) is 2.35. The van der Waals surface area contributed by atoms with Crippen LogP contribution in [-0.4, -0.2) is 27.3 Å². The third-order valence-corrected chi connectivity index (χ3v) is 2.47. The lowest BCUT2D eigenvalue weighted by Crippen LogP contribution is -2.02. The van der Waals surface area contributed by atoms with Crippen molar-refractivity contribution in [2.75, 3.05) is 0 Å². The Bertz CT molecular complexity index is 417. The van der Waals surface area contributed by atoms with Gasteiger partial charge in [-0.2, -0.15) is 0 Å². The third-order valence-electron chi connectivity index (χ3n) is 2.47. The van der Waals surface area contributed by atoms with Crippen LogP contribution in [-0.2, 0) is 0 Å². The Kier molecular flexibility index (Phi) is 4.51. The summed E-state index contributed by atoms with van der Waals surface area (Å²) in [6, 6.07) is 3.07. The molecule has 2 rings (SSSR count). The molecule has 0 heterocycles. The van der Waals surface area contributed by atoms with E-state index in [2.05, 4.69) is 0 Å². The van der Waals surface area contributed by atoms with Gasteiger partial charge in [-0.3, -0.25) is 0 Å². The lowest BCUT2D eigenvalue weighted by Gasteiger charge is -2.05. The molecule has 0 aliphatic heterocycles. The minimum atomic E-state index is -1.36. The van der Waals surface area contributed by atoms with Crippen molar-refractivity contribution >= 4 is 11.9 Å². The van der Waals surface area contributed by atoms with E-state index < -0.39 is 23.3 Å². The van der Waals surface area contributed by atoms with Crippen LogP contribution in [0.5, 0.6) is 5.75 Å². The molecule has 1 aliphatic carbocycles. The van der Waals surface area contributed by atoms with E-state index in [1.807, 2.05) is 0 Å². The number of hydrogen-bond acceptors (Lipinski definition) is 3. The second-order valence-electron chi connectivity index (χ2n) is 3.76. The standard InChI is InChI=1S/C8H6O5.C4H8/c9-6-2-1-4(7(10)11)3-5(6)8(12)13;1-2-4-3-1/h1-3,9H,(H,10,11)(H,12,13);1-4H2. The van der Waals surface area contributed by atoms with E-state index >= 15 is 0 Å². The first-order valence-corrected chi connectivity index (χ1v) is 5.32. The number of hydrogen-bond donors (Lipinski definition) is 3. The molecule has 1 aliphatic rings. The summed E-state index contributed by atoms with van der Waals surface area (Å²) in [6.07, 6.45) is 6.00. The average Bonchev–Trinajstić information content (AvgIpc) is 2.14. The van der Waals surface area contributed by atoms with Gasteiger partial charge in [0.05, 0.1) is 5.56 Å². The molecular formula is C12H14O5. The maximum Gasteiger partial charge on any atom is 0.339 e. The fraction of sp³-hybridized carbons (Fsp3) is 0.333. The topological polar surface area (TPSA) is 94.8 Å². The molecule has 0 saturated heterocycles. The van der Waals surface area contributed by atoms with E-state index in [0.717, 1.165) is 18.2 Å². The Morgan fingerprint density at radius 2 is 1.47 bits per heavy atom. The molecule has 1 fully saturated rings.